The molecule has 2 aromatic rings. The molecule has 0 radical (unpaired) electrons. The van der Waals surface area contributed by atoms with Crippen LogP contribution in [0.15, 0.2) is 66.7 Å². The molecule has 1 heteroatoms. The van der Waals surface area contributed by atoms with E-state index < -0.39 is 0 Å². The molecule has 0 aliphatic rings. The predicted molar refractivity (Wildman–Crippen MR) is 87.7 cm³/mol. The van der Waals surface area contributed by atoms with Crippen LogP contribution in [0.3, 0.4) is 0 Å². The molecule has 0 saturated heterocycles. The van der Waals surface area contributed by atoms with E-state index in [1.165, 1.54) is 17.5 Å². The van der Waals surface area contributed by atoms with Gasteiger partial charge in [0.25, 0.3) is 0 Å². The highest BCUT2D eigenvalue weighted by atomic mass is 14.9. The summed E-state index contributed by atoms with van der Waals surface area (Å²) < 4.78 is 0. The Balaban J connectivity index is 1.65. The van der Waals surface area contributed by atoms with Crippen LogP contribution in [0.2, 0.25) is 0 Å². The minimum atomic E-state index is 0.538. The van der Waals surface area contributed by atoms with Gasteiger partial charge >= 0.3 is 0 Å². The van der Waals surface area contributed by atoms with Gasteiger partial charge in [-0.25, -0.2) is 0 Å². The molecule has 0 fully saturated rings. The zero-order valence-electron chi connectivity index (χ0n) is 12.1. The van der Waals surface area contributed by atoms with Crippen LogP contribution in [-0.2, 0) is 6.42 Å². The summed E-state index contributed by atoms with van der Waals surface area (Å²) >= 11 is 0. The molecular formula is C19H23N. The van der Waals surface area contributed by atoms with Gasteiger partial charge in [0, 0.05) is 12.6 Å². The lowest BCUT2D eigenvalue weighted by molar-refractivity contribution is 0.543. The summed E-state index contributed by atoms with van der Waals surface area (Å²) in [6.07, 6.45) is 6.66. The molecule has 0 bridgehead atoms. The quantitative estimate of drug-likeness (QED) is 0.786. The molecular weight excluding hydrogens is 242 g/mol. The first-order chi connectivity index (χ1) is 9.84. The van der Waals surface area contributed by atoms with Crippen LogP contribution in [0.5, 0.6) is 0 Å². The minimum Gasteiger partial charge on any atom is -0.311 e. The average molecular weight is 265 g/mol. The summed E-state index contributed by atoms with van der Waals surface area (Å²) in [4.78, 5) is 0. The van der Waals surface area contributed by atoms with Crippen molar-refractivity contribution in [1.82, 2.24) is 5.32 Å². The number of hydrogen-bond acceptors (Lipinski definition) is 1. The largest absolute Gasteiger partial charge is 0.311 e. The molecule has 0 aliphatic heterocycles. The minimum absolute atomic E-state index is 0.538. The summed E-state index contributed by atoms with van der Waals surface area (Å²) in [5.74, 6) is 0. The first kappa shape index (κ1) is 14.5. The van der Waals surface area contributed by atoms with Crippen molar-refractivity contribution in [3.63, 3.8) is 0 Å². The van der Waals surface area contributed by atoms with Gasteiger partial charge in [0.2, 0.25) is 0 Å². The van der Waals surface area contributed by atoms with Crippen LogP contribution in [0, 0.1) is 0 Å². The van der Waals surface area contributed by atoms with Crippen molar-refractivity contribution in [3.05, 3.63) is 77.9 Å². The van der Waals surface area contributed by atoms with E-state index in [2.05, 4.69) is 79.0 Å². The topological polar surface area (TPSA) is 12.0 Å². The fourth-order valence-corrected chi connectivity index (χ4v) is 2.16. The van der Waals surface area contributed by atoms with E-state index in [0.717, 1.165) is 13.0 Å². The highest BCUT2D eigenvalue weighted by Crippen LogP contribution is 2.05. The van der Waals surface area contributed by atoms with Crippen molar-refractivity contribution in [2.45, 2.75) is 25.8 Å². The molecule has 20 heavy (non-hydrogen) atoms. The normalized spacial score (nSPS) is 12.7. The monoisotopic (exact) mass is 265 g/mol. The molecule has 2 aromatic carbocycles. The lowest BCUT2D eigenvalue weighted by Gasteiger charge is -2.12. The summed E-state index contributed by atoms with van der Waals surface area (Å²) in [6.45, 7) is 3.17. The summed E-state index contributed by atoms with van der Waals surface area (Å²) in [5.41, 5.74) is 2.67. The Kier molecular flexibility index (Phi) is 6.07. The molecule has 0 spiro atoms. The van der Waals surface area contributed by atoms with Crippen molar-refractivity contribution in [2.75, 3.05) is 6.54 Å². The lowest BCUT2D eigenvalue weighted by atomic mass is 10.1. The van der Waals surface area contributed by atoms with Crippen LogP contribution in [0.4, 0.5) is 0 Å². The first-order valence-corrected chi connectivity index (χ1v) is 7.33. The number of aryl methyl sites for hydroxylation is 1. The number of nitrogens with one attached hydrogen (secondary N) is 1. The van der Waals surface area contributed by atoms with Gasteiger partial charge in [-0.1, -0.05) is 72.8 Å². The average Bonchev–Trinajstić information content (AvgIpc) is 2.52. The summed E-state index contributed by atoms with van der Waals surface area (Å²) in [6, 6.07) is 21.6. The van der Waals surface area contributed by atoms with Crippen LogP contribution in [-0.4, -0.2) is 12.6 Å². The van der Waals surface area contributed by atoms with E-state index in [-0.39, 0.29) is 0 Å². The van der Waals surface area contributed by atoms with Crippen LogP contribution < -0.4 is 5.32 Å². The number of rotatable bonds is 7. The molecule has 0 amide bonds. The second-order valence-corrected chi connectivity index (χ2v) is 5.15. The Morgan fingerprint density at radius 3 is 2.30 bits per heavy atom. The maximum atomic E-state index is 3.54. The fourth-order valence-electron chi connectivity index (χ4n) is 2.16. The molecule has 1 nitrogen and oxygen atoms in total. The lowest BCUT2D eigenvalue weighted by Crippen LogP contribution is -2.26. The Hall–Kier alpha value is -1.86. The van der Waals surface area contributed by atoms with Gasteiger partial charge in [0.15, 0.2) is 0 Å². The maximum Gasteiger partial charge on any atom is 0.0140 e. The first-order valence-electron chi connectivity index (χ1n) is 7.33. The maximum absolute atomic E-state index is 3.54. The summed E-state index contributed by atoms with van der Waals surface area (Å²) in [5, 5.41) is 3.54. The SMILES string of the molecule is C[C@H](CCc1ccccc1)NC/C=C\c1ccccc1. The molecule has 0 saturated carbocycles. The predicted octanol–water partition coefficient (Wildman–Crippen LogP) is 4.31. The van der Waals surface area contributed by atoms with Crippen molar-refractivity contribution >= 4 is 6.08 Å². The molecule has 0 heterocycles. The molecule has 104 valence electrons. The number of benzene rings is 2. The van der Waals surface area contributed by atoms with Crippen LogP contribution in [0.25, 0.3) is 6.08 Å². The number of hydrogen-bond donors (Lipinski definition) is 1. The third-order valence-electron chi connectivity index (χ3n) is 3.40. The Bertz CT molecular complexity index is 502. The van der Waals surface area contributed by atoms with Crippen molar-refractivity contribution in [3.8, 4) is 0 Å². The molecule has 1 N–H and O–H groups in total. The summed E-state index contributed by atoms with van der Waals surface area (Å²) in [7, 11) is 0. The molecule has 2 rings (SSSR count). The van der Waals surface area contributed by atoms with Gasteiger partial charge in [0.05, 0.1) is 0 Å². The van der Waals surface area contributed by atoms with E-state index >= 15 is 0 Å². The highest BCUT2D eigenvalue weighted by molar-refractivity contribution is 5.48. The van der Waals surface area contributed by atoms with E-state index in [9.17, 15) is 0 Å². The van der Waals surface area contributed by atoms with E-state index in [1.807, 2.05) is 6.07 Å². The molecule has 0 unspecified atom stereocenters. The van der Waals surface area contributed by atoms with Gasteiger partial charge in [0.1, 0.15) is 0 Å². The smallest absolute Gasteiger partial charge is 0.0140 e. The molecule has 0 aliphatic carbocycles. The van der Waals surface area contributed by atoms with Crippen molar-refractivity contribution in [1.29, 1.82) is 0 Å². The Morgan fingerprint density at radius 2 is 1.60 bits per heavy atom. The van der Waals surface area contributed by atoms with Crippen LogP contribution >= 0.6 is 0 Å². The van der Waals surface area contributed by atoms with Crippen LogP contribution in [0.1, 0.15) is 24.5 Å². The third-order valence-corrected chi connectivity index (χ3v) is 3.40. The fraction of sp³-hybridized carbons (Fsp3) is 0.263. The van der Waals surface area contributed by atoms with E-state index in [1.54, 1.807) is 0 Å². The van der Waals surface area contributed by atoms with Gasteiger partial charge in [-0.2, -0.15) is 0 Å². The molecule has 0 aromatic heterocycles. The Labute approximate surface area is 122 Å². The van der Waals surface area contributed by atoms with Gasteiger partial charge in [-0.05, 0) is 30.9 Å². The Morgan fingerprint density at radius 1 is 0.950 bits per heavy atom. The van der Waals surface area contributed by atoms with Gasteiger partial charge < -0.3 is 5.32 Å². The highest BCUT2D eigenvalue weighted by Gasteiger charge is 2.00. The second kappa shape index (κ2) is 8.34. The van der Waals surface area contributed by atoms with Gasteiger partial charge in [-0.15, -0.1) is 0 Å². The zero-order chi connectivity index (χ0) is 14.0. The molecule has 1 atom stereocenters. The third kappa shape index (κ3) is 5.41. The standard InChI is InChI=1S/C19H23N/c1-17(14-15-19-11-6-3-7-12-19)20-16-8-13-18-9-4-2-5-10-18/h2-13,17,20H,14-16H2,1H3/b13-8-/t17-/m1/s1. The second-order valence-electron chi connectivity index (χ2n) is 5.15. The van der Waals surface area contributed by atoms with Gasteiger partial charge in [-0.3, -0.25) is 0 Å². The van der Waals surface area contributed by atoms with Crippen molar-refractivity contribution in [2.24, 2.45) is 0 Å². The zero-order valence-corrected chi connectivity index (χ0v) is 12.1. The van der Waals surface area contributed by atoms with Crippen molar-refractivity contribution < 1.29 is 0 Å². The van der Waals surface area contributed by atoms with E-state index in [0.29, 0.717) is 6.04 Å². The van der Waals surface area contributed by atoms with E-state index in [4.69, 9.17) is 0 Å².